The molecule has 220 valence electrons. The number of benzene rings is 2. The van der Waals surface area contributed by atoms with Crippen LogP contribution in [0, 0.1) is 0 Å². The molecule has 5 heterocycles. The highest BCUT2D eigenvalue weighted by molar-refractivity contribution is 6.36. The van der Waals surface area contributed by atoms with Gasteiger partial charge >= 0.3 is 0 Å². The number of morpholine rings is 1. The number of hydrogen-bond donors (Lipinski definition) is 2. The number of aromatic nitrogens is 6. The number of para-hydroxylation sites is 1. The molecule has 0 spiro atoms. The Kier molecular flexibility index (Phi) is 7.24. The van der Waals surface area contributed by atoms with Crippen molar-refractivity contribution >= 4 is 45.0 Å². The number of ether oxygens (including phenoxy) is 1. The summed E-state index contributed by atoms with van der Waals surface area (Å²) in [5.74, 6) is 1.09. The molecule has 44 heavy (non-hydrogen) atoms. The van der Waals surface area contributed by atoms with Crippen molar-refractivity contribution in [2.75, 3.05) is 36.5 Å². The van der Waals surface area contributed by atoms with Crippen molar-refractivity contribution in [1.82, 2.24) is 29.5 Å². The summed E-state index contributed by atoms with van der Waals surface area (Å²) in [6, 6.07) is 15.7. The smallest absolute Gasteiger partial charge is 0.264 e. The zero-order valence-electron chi connectivity index (χ0n) is 23.7. The lowest BCUT2D eigenvalue weighted by Crippen LogP contribution is -2.36. The van der Waals surface area contributed by atoms with Crippen molar-refractivity contribution in [2.24, 2.45) is 0 Å². The third-order valence-electron chi connectivity index (χ3n) is 7.76. The molecule has 1 saturated heterocycles. The minimum Gasteiger partial charge on any atom is -0.378 e. The number of pyridine rings is 2. The van der Waals surface area contributed by atoms with Crippen LogP contribution in [0.1, 0.15) is 18.7 Å². The van der Waals surface area contributed by atoms with Crippen LogP contribution in [0.2, 0.25) is 5.02 Å². The van der Waals surface area contributed by atoms with E-state index < -0.39 is 6.04 Å². The van der Waals surface area contributed by atoms with Crippen LogP contribution in [0.3, 0.4) is 0 Å². The highest BCUT2D eigenvalue weighted by atomic mass is 35.5. The number of halogens is 1. The molecule has 1 aliphatic heterocycles. The summed E-state index contributed by atoms with van der Waals surface area (Å²) in [5.41, 5.74) is 2.24. The summed E-state index contributed by atoms with van der Waals surface area (Å²) in [4.78, 5) is 50.3. The molecule has 0 aliphatic carbocycles. The summed E-state index contributed by atoms with van der Waals surface area (Å²) in [6.07, 6.45) is 6.33. The normalized spacial score (nSPS) is 14.2. The molecule has 7 rings (SSSR count). The SMILES string of the molecule is C[C@H](Nc1ncnc2[nH]ccc(=O)c12)c1c(Cl)c2cccc(-c3cnc(N4CCOCC4)cn3)c2c(=O)n1-c1ccccc1. The van der Waals surface area contributed by atoms with Gasteiger partial charge in [-0.1, -0.05) is 48.0 Å². The molecule has 1 fully saturated rings. The van der Waals surface area contributed by atoms with E-state index in [0.29, 0.717) is 68.5 Å². The Morgan fingerprint density at radius 2 is 1.75 bits per heavy atom. The fourth-order valence-corrected chi connectivity index (χ4v) is 6.07. The lowest BCUT2D eigenvalue weighted by Gasteiger charge is -2.27. The Morgan fingerprint density at radius 3 is 2.52 bits per heavy atom. The van der Waals surface area contributed by atoms with Crippen LogP contribution in [0.15, 0.2) is 89.1 Å². The number of nitrogens with one attached hydrogen (secondary N) is 2. The molecule has 0 radical (unpaired) electrons. The zero-order chi connectivity index (χ0) is 30.2. The molecule has 0 saturated carbocycles. The van der Waals surface area contributed by atoms with Gasteiger partial charge in [0.1, 0.15) is 29.0 Å². The van der Waals surface area contributed by atoms with E-state index >= 15 is 0 Å². The third-order valence-corrected chi connectivity index (χ3v) is 8.16. The van der Waals surface area contributed by atoms with Gasteiger partial charge in [-0.05, 0) is 19.1 Å². The number of aromatic amines is 1. The van der Waals surface area contributed by atoms with Gasteiger partial charge < -0.3 is 19.9 Å². The Labute approximate surface area is 256 Å². The summed E-state index contributed by atoms with van der Waals surface area (Å²) in [6.45, 7) is 4.64. The zero-order valence-corrected chi connectivity index (χ0v) is 24.5. The first-order chi connectivity index (χ1) is 21.5. The second-order valence-electron chi connectivity index (χ2n) is 10.4. The number of fused-ring (bicyclic) bond motifs is 2. The largest absolute Gasteiger partial charge is 0.378 e. The van der Waals surface area contributed by atoms with Gasteiger partial charge in [0.25, 0.3) is 5.56 Å². The lowest BCUT2D eigenvalue weighted by molar-refractivity contribution is 0.122. The van der Waals surface area contributed by atoms with Gasteiger partial charge in [-0.15, -0.1) is 0 Å². The van der Waals surface area contributed by atoms with Crippen LogP contribution in [0.25, 0.3) is 38.8 Å². The summed E-state index contributed by atoms with van der Waals surface area (Å²) < 4.78 is 7.06. The number of H-pyrrole nitrogens is 1. The maximum atomic E-state index is 14.6. The van der Waals surface area contributed by atoms with Gasteiger partial charge in [-0.2, -0.15) is 0 Å². The molecule has 0 bridgehead atoms. The second-order valence-corrected chi connectivity index (χ2v) is 10.8. The molecule has 1 aliphatic rings. The van der Waals surface area contributed by atoms with E-state index in [1.807, 2.05) is 55.5 Å². The van der Waals surface area contributed by atoms with Crippen LogP contribution >= 0.6 is 11.6 Å². The van der Waals surface area contributed by atoms with Crippen molar-refractivity contribution < 1.29 is 4.74 Å². The topological polar surface area (TPSA) is 131 Å². The van der Waals surface area contributed by atoms with Gasteiger partial charge in [0.05, 0.1) is 53.4 Å². The summed E-state index contributed by atoms with van der Waals surface area (Å²) in [7, 11) is 0. The third kappa shape index (κ3) is 4.85. The number of nitrogens with zero attached hydrogens (tertiary/aromatic N) is 6. The highest BCUT2D eigenvalue weighted by Gasteiger charge is 2.25. The first-order valence-electron chi connectivity index (χ1n) is 14.2. The fourth-order valence-electron chi connectivity index (χ4n) is 5.66. The maximum Gasteiger partial charge on any atom is 0.264 e. The van der Waals surface area contributed by atoms with Gasteiger partial charge in [0, 0.05) is 42.0 Å². The minimum absolute atomic E-state index is 0.232. The van der Waals surface area contributed by atoms with Crippen LogP contribution in [-0.2, 0) is 4.74 Å². The summed E-state index contributed by atoms with van der Waals surface area (Å²) >= 11 is 7.21. The molecule has 2 aromatic carbocycles. The average Bonchev–Trinajstić information content (AvgIpc) is 3.07. The number of anilines is 2. The predicted octanol–water partition coefficient (Wildman–Crippen LogP) is 4.74. The van der Waals surface area contributed by atoms with E-state index in [1.165, 1.54) is 18.6 Å². The molecule has 11 nitrogen and oxygen atoms in total. The molecule has 0 amide bonds. The molecular weight excluding hydrogens is 580 g/mol. The molecular formula is C32H27ClN8O3. The molecule has 0 unspecified atom stereocenters. The van der Waals surface area contributed by atoms with E-state index in [9.17, 15) is 9.59 Å². The number of rotatable bonds is 6. The quantitative estimate of drug-likeness (QED) is 0.276. The monoisotopic (exact) mass is 606 g/mol. The molecule has 6 aromatic rings. The van der Waals surface area contributed by atoms with Crippen molar-refractivity contribution in [2.45, 2.75) is 13.0 Å². The van der Waals surface area contributed by atoms with Gasteiger partial charge in [0.15, 0.2) is 5.43 Å². The van der Waals surface area contributed by atoms with Crippen LogP contribution in [-0.4, -0.2) is 55.8 Å². The van der Waals surface area contributed by atoms with E-state index in [-0.39, 0.29) is 11.0 Å². The maximum absolute atomic E-state index is 14.6. The fraction of sp³-hybridized carbons (Fsp3) is 0.188. The van der Waals surface area contributed by atoms with E-state index in [0.717, 1.165) is 18.9 Å². The van der Waals surface area contributed by atoms with Crippen LogP contribution in [0.5, 0.6) is 0 Å². The van der Waals surface area contributed by atoms with Gasteiger partial charge in [-0.3, -0.25) is 19.1 Å². The lowest BCUT2D eigenvalue weighted by atomic mass is 10.0. The van der Waals surface area contributed by atoms with Crippen molar-refractivity contribution in [3.63, 3.8) is 0 Å². The molecule has 4 aromatic heterocycles. The van der Waals surface area contributed by atoms with Crippen molar-refractivity contribution in [3.8, 4) is 16.9 Å². The molecule has 1 atom stereocenters. The second kappa shape index (κ2) is 11.5. The van der Waals surface area contributed by atoms with Crippen molar-refractivity contribution in [3.05, 3.63) is 111 Å². The Balaban J connectivity index is 1.39. The summed E-state index contributed by atoms with van der Waals surface area (Å²) in [5, 5.41) is 5.02. The Morgan fingerprint density at radius 1 is 0.932 bits per heavy atom. The number of hydrogen-bond acceptors (Lipinski definition) is 9. The van der Waals surface area contributed by atoms with E-state index in [4.69, 9.17) is 21.3 Å². The van der Waals surface area contributed by atoms with E-state index in [1.54, 1.807) is 17.0 Å². The Hall–Kier alpha value is -5.13. The van der Waals surface area contributed by atoms with Crippen molar-refractivity contribution in [1.29, 1.82) is 0 Å². The van der Waals surface area contributed by atoms with Crippen LogP contribution < -0.4 is 21.2 Å². The van der Waals surface area contributed by atoms with E-state index in [2.05, 4.69) is 30.2 Å². The van der Waals surface area contributed by atoms with Gasteiger partial charge in [-0.25, -0.2) is 15.0 Å². The molecule has 2 N–H and O–H groups in total. The first-order valence-corrected chi connectivity index (χ1v) is 14.6. The Bertz CT molecular complexity index is 2100. The standard InChI is InChI=1S/C32H27ClN8O3/c1-19(39-31-27-24(42)10-11-34-30(27)37-18-38-31)29-28(33)22-9-5-8-21(26(22)32(43)41(29)20-6-3-2-4-7-20)23-16-36-25(17-35-23)40-12-14-44-15-13-40/h2-11,16-19H,12-15H2,1H3,(H2,34,37,38,39,42)/t19-/m0/s1. The predicted molar refractivity (Wildman–Crippen MR) is 171 cm³/mol. The van der Waals surface area contributed by atoms with Gasteiger partial charge in [0.2, 0.25) is 0 Å². The first kappa shape index (κ1) is 27.7. The highest BCUT2D eigenvalue weighted by Crippen LogP contribution is 2.36. The molecule has 12 heteroatoms. The average molecular weight is 607 g/mol. The van der Waals surface area contributed by atoms with Crippen LogP contribution in [0.4, 0.5) is 11.6 Å². The minimum atomic E-state index is -0.547.